The largest absolute Gasteiger partial charge is 0.308 e. The molecule has 0 saturated heterocycles. The van der Waals surface area contributed by atoms with E-state index in [1.54, 1.807) is 0 Å². The van der Waals surface area contributed by atoms with Crippen LogP contribution in [0.1, 0.15) is 0 Å². The van der Waals surface area contributed by atoms with E-state index in [4.69, 9.17) is 19.9 Å². The molecule has 0 amide bonds. The third-order valence-electron chi connectivity index (χ3n) is 10.6. The van der Waals surface area contributed by atoms with E-state index in [2.05, 4.69) is 167 Å². The van der Waals surface area contributed by atoms with Gasteiger partial charge < -0.3 is 9.13 Å². The minimum Gasteiger partial charge on any atom is -0.308 e. The predicted molar refractivity (Wildman–Crippen MR) is 228 cm³/mol. The molecule has 0 spiro atoms. The Kier molecular flexibility index (Phi) is 7.38. The van der Waals surface area contributed by atoms with Crippen LogP contribution < -0.4 is 0 Å². The van der Waals surface area contributed by atoms with Gasteiger partial charge in [-0.3, -0.25) is 9.97 Å². The van der Waals surface area contributed by atoms with Gasteiger partial charge in [0.2, 0.25) is 0 Å². The fraction of sp³-hybridized carbons (Fsp3) is 0. The molecule has 262 valence electrons. The molecule has 0 aliphatic heterocycles. The molecular weight excluding hydrogens is 685 g/mol. The van der Waals surface area contributed by atoms with Crippen LogP contribution >= 0.6 is 0 Å². The predicted octanol–water partition coefficient (Wildman–Crippen LogP) is 12.1. The fourth-order valence-electron chi connectivity index (χ4n) is 8.07. The third kappa shape index (κ3) is 5.27. The molecule has 0 saturated carbocycles. The van der Waals surface area contributed by atoms with Crippen LogP contribution in [0.3, 0.4) is 0 Å². The summed E-state index contributed by atoms with van der Waals surface area (Å²) in [6.45, 7) is 0. The number of para-hydroxylation sites is 2. The van der Waals surface area contributed by atoms with E-state index in [0.29, 0.717) is 0 Å². The van der Waals surface area contributed by atoms with Gasteiger partial charge in [0.15, 0.2) is 0 Å². The van der Waals surface area contributed by atoms with Gasteiger partial charge in [-0.05, 0) is 102 Å². The highest BCUT2D eigenvalue weighted by Crippen LogP contribution is 2.36. The molecule has 11 rings (SSSR count). The van der Waals surface area contributed by atoms with Crippen molar-refractivity contribution >= 4 is 43.9 Å². The first-order chi connectivity index (χ1) is 27.8. The Bertz CT molecular complexity index is 3140. The summed E-state index contributed by atoms with van der Waals surface area (Å²) in [6.07, 6.45) is 3.72. The van der Waals surface area contributed by atoms with Crippen molar-refractivity contribution in [1.29, 1.82) is 0 Å². The Morgan fingerprint density at radius 2 is 0.804 bits per heavy atom. The minimum atomic E-state index is 0.812. The average Bonchev–Trinajstić information content (AvgIpc) is 3.80. The molecular formula is C50H32N6. The molecule has 5 aromatic carbocycles. The fourth-order valence-corrected chi connectivity index (χ4v) is 8.07. The highest BCUT2D eigenvalue weighted by Gasteiger charge is 2.17. The summed E-state index contributed by atoms with van der Waals surface area (Å²) in [7, 11) is 0. The van der Waals surface area contributed by atoms with Crippen molar-refractivity contribution in [3.63, 3.8) is 0 Å². The van der Waals surface area contributed by atoms with Gasteiger partial charge in [-0.15, -0.1) is 0 Å². The monoisotopic (exact) mass is 716 g/mol. The highest BCUT2D eigenvalue weighted by molar-refractivity contribution is 6.08. The summed E-state index contributed by atoms with van der Waals surface area (Å²) in [5.41, 5.74) is 16.2. The van der Waals surface area contributed by atoms with Gasteiger partial charge in [-0.2, -0.15) is 0 Å². The van der Waals surface area contributed by atoms with Crippen LogP contribution in [0.5, 0.6) is 0 Å². The Morgan fingerprint density at radius 3 is 1.43 bits per heavy atom. The van der Waals surface area contributed by atoms with Crippen LogP contribution in [0.2, 0.25) is 0 Å². The normalized spacial score (nSPS) is 11.6. The summed E-state index contributed by atoms with van der Waals surface area (Å²) in [5, 5.41) is 2.27. The van der Waals surface area contributed by atoms with E-state index in [-0.39, 0.29) is 0 Å². The third-order valence-corrected chi connectivity index (χ3v) is 10.6. The maximum Gasteiger partial charge on any atom is 0.0963 e. The zero-order valence-electron chi connectivity index (χ0n) is 30.2. The van der Waals surface area contributed by atoms with Gasteiger partial charge in [-0.1, -0.05) is 91.0 Å². The number of benzene rings is 5. The van der Waals surface area contributed by atoms with Crippen molar-refractivity contribution in [2.45, 2.75) is 0 Å². The van der Waals surface area contributed by atoms with Crippen LogP contribution in [0, 0.1) is 0 Å². The number of fused-ring (bicyclic) bond motifs is 6. The van der Waals surface area contributed by atoms with Crippen molar-refractivity contribution in [2.24, 2.45) is 0 Å². The second-order valence-electron chi connectivity index (χ2n) is 13.9. The Morgan fingerprint density at radius 1 is 0.304 bits per heavy atom. The molecule has 0 unspecified atom stereocenters. The van der Waals surface area contributed by atoms with Crippen LogP contribution in [0.25, 0.3) is 100 Å². The summed E-state index contributed by atoms with van der Waals surface area (Å²) < 4.78 is 4.59. The molecule has 0 fully saturated rings. The number of rotatable bonds is 6. The van der Waals surface area contributed by atoms with Gasteiger partial charge in [0.05, 0.1) is 55.9 Å². The van der Waals surface area contributed by atoms with Crippen molar-refractivity contribution in [3.8, 4) is 56.4 Å². The quantitative estimate of drug-likeness (QED) is 0.172. The summed E-state index contributed by atoms with van der Waals surface area (Å²) in [5.74, 6) is 0. The average molecular weight is 717 g/mol. The molecule has 0 atom stereocenters. The lowest BCUT2D eigenvalue weighted by molar-refractivity contribution is 1.17. The SMILES string of the molecule is c1ccc(-c2cc(-c3cccc(-c4cccc(-c5ccc(-n6c7ccccc7c7ncccc76)cc5)n4)n3)cc(-n3c4ccccc4c4ncccc43)c2)cc1. The van der Waals surface area contributed by atoms with Gasteiger partial charge in [0, 0.05) is 45.7 Å². The number of hydrogen-bond donors (Lipinski definition) is 0. The summed E-state index contributed by atoms with van der Waals surface area (Å²) in [4.78, 5) is 19.9. The molecule has 0 aliphatic carbocycles. The molecule has 6 aromatic heterocycles. The Balaban J connectivity index is 0.986. The van der Waals surface area contributed by atoms with E-state index in [9.17, 15) is 0 Å². The van der Waals surface area contributed by atoms with Gasteiger partial charge in [-0.25, -0.2) is 9.97 Å². The van der Waals surface area contributed by atoms with Gasteiger partial charge >= 0.3 is 0 Å². The van der Waals surface area contributed by atoms with E-state index in [1.165, 1.54) is 0 Å². The van der Waals surface area contributed by atoms with E-state index in [1.807, 2.05) is 36.7 Å². The lowest BCUT2D eigenvalue weighted by atomic mass is 10.00. The molecule has 56 heavy (non-hydrogen) atoms. The van der Waals surface area contributed by atoms with Crippen molar-refractivity contribution in [2.75, 3.05) is 0 Å². The molecule has 0 aliphatic rings. The first-order valence-corrected chi connectivity index (χ1v) is 18.7. The lowest BCUT2D eigenvalue weighted by Crippen LogP contribution is -1.97. The summed E-state index contributed by atoms with van der Waals surface area (Å²) in [6, 6.07) is 63.4. The number of pyridine rings is 4. The number of nitrogens with zero attached hydrogens (tertiary/aromatic N) is 6. The first-order valence-electron chi connectivity index (χ1n) is 18.7. The second-order valence-corrected chi connectivity index (χ2v) is 13.9. The van der Waals surface area contributed by atoms with E-state index < -0.39 is 0 Å². The molecule has 6 heterocycles. The maximum atomic E-state index is 5.24. The highest BCUT2D eigenvalue weighted by atomic mass is 15.0. The Hall–Kier alpha value is -7.70. The molecule has 0 bridgehead atoms. The molecule has 11 aromatic rings. The standard InChI is InChI=1S/C50H32N6/c1-2-12-33(13-3-1)35-30-36(32-38(31-35)56-46-21-7-5-15-40(46)50-48(56)23-11-29-52-50)42-17-9-19-44(54-42)43-18-8-16-41(53-43)34-24-26-37(27-25-34)55-45-20-6-4-14-39(45)49-47(55)22-10-28-51-49/h1-32H. The van der Waals surface area contributed by atoms with Gasteiger partial charge in [0.1, 0.15) is 0 Å². The molecule has 0 radical (unpaired) electrons. The van der Waals surface area contributed by atoms with Gasteiger partial charge in [0.25, 0.3) is 0 Å². The zero-order chi connectivity index (χ0) is 37.0. The molecule has 0 N–H and O–H groups in total. The zero-order valence-corrected chi connectivity index (χ0v) is 30.2. The topological polar surface area (TPSA) is 61.4 Å². The van der Waals surface area contributed by atoms with Crippen molar-refractivity contribution in [3.05, 3.63) is 194 Å². The molecule has 6 nitrogen and oxygen atoms in total. The van der Waals surface area contributed by atoms with Crippen molar-refractivity contribution < 1.29 is 0 Å². The van der Waals surface area contributed by atoms with E-state index in [0.717, 1.165) is 100 Å². The van der Waals surface area contributed by atoms with Crippen LogP contribution in [0.4, 0.5) is 0 Å². The minimum absolute atomic E-state index is 0.812. The van der Waals surface area contributed by atoms with Crippen LogP contribution in [-0.2, 0) is 0 Å². The number of hydrogen-bond acceptors (Lipinski definition) is 4. The first kappa shape index (κ1) is 31.8. The van der Waals surface area contributed by atoms with Crippen molar-refractivity contribution in [1.82, 2.24) is 29.1 Å². The molecule has 6 heteroatoms. The number of aromatic nitrogens is 6. The maximum absolute atomic E-state index is 5.24. The lowest BCUT2D eigenvalue weighted by Gasteiger charge is -2.14. The van der Waals surface area contributed by atoms with E-state index >= 15 is 0 Å². The van der Waals surface area contributed by atoms with Crippen LogP contribution in [0.15, 0.2) is 194 Å². The Labute approximate surface area is 322 Å². The second kappa shape index (κ2) is 13.0. The summed E-state index contributed by atoms with van der Waals surface area (Å²) >= 11 is 0. The van der Waals surface area contributed by atoms with Crippen LogP contribution in [-0.4, -0.2) is 29.1 Å². The smallest absolute Gasteiger partial charge is 0.0963 e.